The van der Waals surface area contributed by atoms with Crippen molar-refractivity contribution in [3.63, 3.8) is 0 Å². The van der Waals surface area contributed by atoms with Crippen LogP contribution < -0.4 is 10.2 Å². The Kier molecular flexibility index (Phi) is 3.43. The molecular formula is C19H22N4O2. The Bertz CT molecular complexity index is 775. The summed E-state index contributed by atoms with van der Waals surface area (Å²) in [5, 5.41) is 3.18. The van der Waals surface area contributed by atoms with Gasteiger partial charge in [0.05, 0.1) is 24.2 Å². The van der Waals surface area contributed by atoms with Gasteiger partial charge < -0.3 is 19.5 Å². The smallest absolute Gasteiger partial charge is 0.318 e. The van der Waals surface area contributed by atoms with Crippen molar-refractivity contribution >= 4 is 11.7 Å². The molecule has 1 aliphatic carbocycles. The molecule has 2 fully saturated rings. The number of carbonyl (C=O) groups is 1. The van der Waals surface area contributed by atoms with Crippen LogP contribution in [0, 0.1) is 0 Å². The average molecular weight is 338 g/mol. The molecule has 0 unspecified atom stereocenters. The number of rotatable bonds is 2. The number of nitrogens with one attached hydrogen (secondary N) is 1. The number of furan rings is 1. The van der Waals surface area contributed by atoms with Crippen molar-refractivity contribution in [1.29, 1.82) is 0 Å². The number of hydrogen-bond acceptors (Lipinski definition) is 4. The van der Waals surface area contributed by atoms with Gasteiger partial charge in [-0.25, -0.2) is 4.79 Å². The van der Waals surface area contributed by atoms with Crippen molar-refractivity contribution in [3.8, 4) is 0 Å². The Labute approximate surface area is 146 Å². The number of anilines is 1. The van der Waals surface area contributed by atoms with Crippen LogP contribution in [0.15, 0.2) is 41.1 Å². The molecule has 2 aliphatic heterocycles. The summed E-state index contributed by atoms with van der Waals surface area (Å²) in [5.74, 6) is 1.29. The Morgan fingerprint density at radius 3 is 3.16 bits per heavy atom. The normalized spacial score (nSPS) is 27.4. The summed E-state index contributed by atoms with van der Waals surface area (Å²) in [6, 6.07) is 8.61. The molecule has 1 saturated heterocycles. The maximum atomic E-state index is 12.9. The number of fused-ring (bicyclic) bond motifs is 3. The zero-order valence-electron chi connectivity index (χ0n) is 14.1. The molecule has 0 bridgehead atoms. The number of hydrogen-bond donors (Lipinski definition) is 1. The van der Waals surface area contributed by atoms with Gasteiger partial charge in [-0.05, 0) is 43.5 Å². The molecule has 25 heavy (non-hydrogen) atoms. The number of amides is 2. The van der Waals surface area contributed by atoms with Gasteiger partial charge in [0.25, 0.3) is 0 Å². The fourth-order valence-corrected chi connectivity index (χ4v) is 4.23. The van der Waals surface area contributed by atoms with Gasteiger partial charge in [-0.3, -0.25) is 4.98 Å². The molecule has 3 aliphatic rings. The van der Waals surface area contributed by atoms with E-state index in [4.69, 9.17) is 4.42 Å². The monoisotopic (exact) mass is 338 g/mol. The molecule has 2 aromatic rings. The van der Waals surface area contributed by atoms with Gasteiger partial charge in [-0.15, -0.1) is 0 Å². The van der Waals surface area contributed by atoms with Crippen LogP contribution in [0.2, 0.25) is 0 Å². The lowest BCUT2D eigenvalue weighted by Crippen LogP contribution is -2.45. The molecule has 6 nitrogen and oxygen atoms in total. The molecular weight excluding hydrogens is 316 g/mol. The van der Waals surface area contributed by atoms with Gasteiger partial charge in [0.2, 0.25) is 0 Å². The van der Waals surface area contributed by atoms with Crippen molar-refractivity contribution in [3.05, 3.63) is 48.2 Å². The SMILES string of the molecule is O=C(N[C@@H]1C[C@H]1c1ccco1)N1Cc2ncccc2N2CCC[C@H]2C1. The predicted molar refractivity (Wildman–Crippen MR) is 93.4 cm³/mol. The van der Waals surface area contributed by atoms with E-state index in [0.717, 1.165) is 37.4 Å². The van der Waals surface area contributed by atoms with Gasteiger partial charge in [-0.2, -0.15) is 0 Å². The Morgan fingerprint density at radius 2 is 2.28 bits per heavy atom. The second kappa shape index (κ2) is 5.79. The minimum Gasteiger partial charge on any atom is -0.469 e. The van der Waals surface area contributed by atoms with E-state index in [-0.39, 0.29) is 12.1 Å². The summed E-state index contributed by atoms with van der Waals surface area (Å²) < 4.78 is 5.46. The van der Waals surface area contributed by atoms with Crippen LogP contribution in [0.25, 0.3) is 0 Å². The first-order valence-corrected chi connectivity index (χ1v) is 9.09. The van der Waals surface area contributed by atoms with Crippen molar-refractivity contribution in [2.75, 3.05) is 18.0 Å². The minimum atomic E-state index is 0.0180. The first-order chi connectivity index (χ1) is 12.3. The van der Waals surface area contributed by atoms with Crippen LogP contribution in [-0.2, 0) is 6.54 Å². The van der Waals surface area contributed by atoms with E-state index in [1.807, 2.05) is 29.3 Å². The fourth-order valence-electron chi connectivity index (χ4n) is 4.23. The third-order valence-electron chi connectivity index (χ3n) is 5.62. The summed E-state index contributed by atoms with van der Waals surface area (Å²) in [6.45, 7) is 2.40. The van der Waals surface area contributed by atoms with E-state index in [2.05, 4.69) is 21.3 Å². The van der Waals surface area contributed by atoms with Gasteiger partial charge in [0, 0.05) is 37.3 Å². The Morgan fingerprint density at radius 1 is 1.32 bits per heavy atom. The number of pyridine rings is 1. The van der Waals surface area contributed by atoms with Crippen LogP contribution in [0.3, 0.4) is 0 Å². The van der Waals surface area contributed by atoms with Gasteiger partial charge in [0.1, 0.15) is 5.76 Å². The largest absolute Gasteiger partial charge is 0.469 e. The zero-order chi connectivity index (χ0) is 16.8. The maximum absolute atomic E-state index is 12.9. The molecule has 6 heteroatoms. The van der Waals surface area contributed by atoms with Crippen molar-refractivity contribution in [1.82, 2.24) is 15.2 Å². The summed E-state index contributed by atoms with van der Waals surface area (Å²) in [6.07, 6.45) is 6.78. The second-order valence-corrected chi connectivity index (χ2v) is 7.25. The number of urea groups is 1. The van der Waals surface area contributed by atoms with Crippen LogP contribution in [0.4, 0.5) is 10.5 Å². The standard InChI is InChI=1S/C19H22N4O2/c24-19(21-15-10-14(15)18-6-3-9-25-18)22-11-13-4-2-8-23(13)17-5-1-7-20-16(17)12-22/h1,3,5-7,9,13-15H,2,4,8,10-12H2,(H,21,24)/t13-,14+,15+/m0/s1. The molecule has 4 heterocycles. The lowest BCUT2D eigenvalue weighted by Gasteiger charge is -2.27. The van der Waals surface area contributed by atoms with Crippen molar-refractivity contribution < 1.29 is 9.21 Å². The lowest BCUT2D eigenvalue weighted by molar-refractivity contribution is 0.191. The summed E-state index contributed by atoms with van der Waals surface area (Å²) >= 11 is 0. The molecule has 0 radical (unpaired) electrons. The van der Waals surface area contributed by atoms with E-state index >= 15 is 0 Å². The fraction of sp³-hybridized carbons (Fsp3) is 0.474. The van der Waals surface area contributed by atoms with Crippen LogP contribution in [0.1, 0.15) is 36.6 Å². The highest BCUT2D eigenvalue weighted by Crippen LogP contribution is 2.41. The third kappa shape index (κ3) is 2.65. The molecule has 3 atom stereocenters. The first-order valence-electron chi connectivity index (χ1n) is 9.09. The molecule has 0 aromatic carbocycles. The number of aromatic nitrogens is 1. The van der Waals surface area contributed by atoms with Crippen LogP contribution in [0.5, 0.6) is 0 Å². The minimum absolute atomic E-state index is 0.0180. The van der Waals surface area contributed by atoms with Crippen LogP contribution in [-0.4, -0.2) is 41.1 Å². The third-order valence-corrected chi connectivity index (χ3v) is 5.62. The average Bonchev–Trinajstić information content (AvgIpc) is 3.02. The second-order valence-electron chi connectivity index (χ2n) is 7.25. The molecule has 1 N–H and O–H groups in total. The Balaban J connectivity index is 1.32. The van der Waals surface area contributed by atoms with E-state index in [9.17, 15) is 4.79 Å². The van der Waals surface area contributed by atoms with E-state index < -0.39 is 0 Å². The molecule has 2 aromatic heterocycles. The molecule has 1 saturated carbocycles. The van der Waals surface area contributed by atoms with E-state index in [1.165, 1.54) is 12.1 Å². The highest BCUT2D eigenvalue weighted by molar-refractivity contribution is 5.76. The molecule has 130 valence electrons. The van der Waals surface area contributed by atoms with Gasteiger partial charge in [0.15, 0.2) is 0 Å². The van der Waals surface area contributed by atoms with Gasteiger partial charge >= 0.3 is 6.03 Å². The van der Waals surface area contributed by atoms with Crippen molar-refractivity contribution in [2.45, 2.75) is 43.8 Å². The molecule has 0 spiro atoms. The van der Waals surface area contributed by atoms with E-state index in [0.29, 0.717) is 18.5 Å². The van der Waals surface area contributed by atoms with Crippen LogP contribution >= 0.6 is 0 Å². The lowest BCUT2D eigenvalue weighted by atomic mass is 10.2. The highest BCUT2D eigenvalue weighted by atomic mass is 16.3. The topological polar surface area (TPSA) is 61.6 Å². The summed E-state index contributed by atoms with van der Waals surface area (Å²) in [5.41, 5.74) is 2.20. The molecule has 2 amide bonds. The van der Waals surface area contributed by atoms with Gasteiger partial charge in [-0.1, -0.05) is 0 Å². The van der Waals surface area contributed by atoms with Crippen molar-refractivity contribution in [2.24, 2.45) is 0 Å². The number of carbonyl (C=O) groups excluding carboxylic acids is 1. The maximum Gasteiger partial charge on any atom is 0.318 e. The van der Waals surface area contributed by atoms with E-state index in [1.54, 1.807) is 6.26 Å². The number of nitrogens with zero attached hydrogens (tertiary/aromatic N) is 3. The highest BCUT2D eigenvalue weighted by Gasteiger charge is 2.43. The summed E-state index contributed by atoms with van der Waals surface area (Å²) in [7, 11) is 0. The predicted octanol–water partition coefficient (Wildman–Crippen LogP) is 2.72. The quantitative estimate of drug-likeness (QED) is 0.915. The first kappa shape index (κ1) is 14.8. The Hall–Kier alpha value is -2.50. The summed E-state index contributed by atoms with van der Waals surface area (Å²) in [4.78, 5) is 21.8. The molecule has 5 rings (SSSR count). The zero-order valence-corrected chi connectivity index (χ0v) is 14.1.